The third-order valence-corrected chi connectivity index (χ3v) is 3.06. The van der Waals surface area contributed by atoms with Gasteiger partial charge in [0, 0.05) is 38.8 Å². The van der Waals surface area contributed by atoms with E-state index >= 15 is 0 Å². The molecule has 0 bridgehead atoms. The zero-order valence-electron chi connectivity index (χ0n) is 9.77. The zero-order valence-corrected chi connectivity index (χ0v) is 10.5. The van der Waals surface area contributed by atoms with Gasteiger partial charge in [0.25, 0.3) is 0 Å². The van der Waals surface area contributed by atoms with Crippen LogP contribution in [-0.2, 0) is 11.3 Å². The Morgan fingerprint density at radius 3 is 3.06 bits per heavy atom. The Bertz CT molecular complexity index is 389. The molecule has 17 heavy (non-hydrogen) atoms. The number of aromatic nitrogens is 2. The van der Waals surface area contributed by atoms with Gasteiger partial charge in [-0.1, -0.05) is 11.6 Å². The van der Waals surface area contributed by atoms with Gasteiger partial charge in [-0.15, -0.1) is 0 Å². The first-order chi connectivity index (χ1) is 8.22. The van der Waals surface area contributed by atoms with Crippen LogP contribution in [0.3, 0.4) is 0 Å². The maximum Gasteiger partial charge on any atom is 0.158 e. The molecule has 0 saturated carbocycles. The summed E-state index contributed by atoms with van der Waals surface area (Å²) in [7, 11) is 1.60. The number of nitrogens with zero attached hydrogens (tertiary/aromatic N) is 3. The van der Waals surface area contributed by atoms with Crippen molar-refractivity contribution in [3.63, 3.8) is 0 Å². The average Bonchev–Trinajstić information content (AvgIpc) is 2.77. The summed E-state index contributed by atoms with van der Waals surface area (Å²) >= 11 is 5.95. The van der Waals surface area contributed by atoms with Crippen molar-refractivity contribution in [2.24, 2.45) is 5.92 Å². The lowest BCUT2D eigenvalue weighted by Gasteiger charge is -2.17. The van der Waals surface area contributed by atoms with Crippen molar-refractivity contribution in [3.05, 3.63) is 17.0 Å². The van der Waals surface area contributed by atoms with Gasteiger partial charge < -0.3 is 14.7 Å². The quantitative estimate of drug-likeness (QED) is 0.819. The van der Waals surface area contributed by atoms with Crippen LogP contribution in [0.25, 0.3) is 0 Å². The second-order valence-corrected chi connectivity index (χ2v) is 4.57. The molecule has 1 fully saturated rings. The number of ether oxygens (including phenoxy) is 1. The van der Waals surface area contributed by atoms with E-state index in [1.54, 1.807) is 13.2 Å². The lowest BCUT2D eigenvalue weighted by molar-refractivity contribution is 0.178. The number of rotatable bonds is 4. The van der Waals surface area contributed by atoms with Crippen LogP contribution in [0.2, 0.25) is 5.15 Å². The van der Waals surface area contributed by atoms with Crippen molar-refractivity contribution >= 4 is 17.4 Å². The van der Waals surface area contributed by atoms with Crippen molar-refractivity contribution < 1.29 is 9.84 Å². The number of anilines is 1. The lowest BCUT2D eigenvalue weighted by Crippen LogP contribution is -2.22. The van der Waals surface area contributed by atoms with Gasteiger partial charge in [0.15, 0.2) is 5.82 Å². The molecular formula is C11H16ClN3O2. The minimum absolute atomic E-state index is 0.222. The normalized spacial score (nSPS) is 19.9. The zero-order chi connectivity index (χ0) is 12.3. The molecule has 0 amide bonds. The third kappa shape index (κ3) is 3.06. The second kappa shape index (κ2) is 5.62. The van der Waals surface area contributed by atoms with Crippen molar-refractivity contribution in [2.45, 2.75) is 13.0 Å². The summed E-state index contributed by atoms with van der Waals surface area (Å²) in [6.07, 6.45) is 0.984. The molecule has 1 aliphatic rings. The van der Waals surface area contributed by atoms with Crippen molar-refractivity contribution in [2.75, 3.05) is 31.7 Å². The van der Waals surface area contributed by atoms with Crippen LogP contribution in [0.15, 0.2) is 6.07 Å². The maximum atomic E-state index is 9.12. The molecule has 94 valence electrons. The van der Waals surface area contributed by atoms with E-state index in [4.69, 9.17) is 21.4 Å². The molecule has 2 rings (SSSR count). The largest absolute Gasteiger partial charge is 0.396 e. The van der Waals surface area contributed by atoms with Gasteiger partial charge in [0.05, 0.1) is 0 Å². The highest BCUT2D eigenvalue weighted by Crippen LogP contribution is 2.23. The van der Waals surface area contributed by atoms with E-state index in [0.29, 0.717) is 23.5 Å². The molecule has 1 saturated heterocycles. The fraction of sp³-hybridized carbons (Fsp3) is 0.636. The first-order valence-electron chi connectivity index (χ1n) is 5.61. The monoisotopic (exact) mass is 257 g/mol. The van der Waals surface area contributed by atoms with E-state index in [0.717, 1.165) is 25.3 Å². The summed E-state index contributed by atoms with van der Waals surface area (Å²) < 4.78 is 5.00. The molecule has 0 aromatic carbocycles. The van der Waals surface area contributed by atoms with E-state index in [1.807, 2.05) is 0 Å². The summed E-state index contributed by atoms with van der Waals surface area (Å²) in [4.78, 5) is 10.6. The highest BCUT2D eigenvalue weighted by atomic mass is 35.5. The fourth-order valence-corrected chi connectivity index (χ4v) is 2.19. The summed E-state index contributed by atoms with van der Waals surface area (Å²) in [5.74, 6) is 1.73. The molecule has 5 nitrogen and oxygen atoms in total. The van der Waals surface area contributed by atoms with Gasteiger partial charge in [-0.05, 0) is 6.42 Å². The number of aliphatic hydroxyl groups excluding tert-OH is 1. The molecule has 0 spiro atoms. The standard InChI is InChI=1S/C11H16ClN3O2/c1-17-7-10-13-9(12)4-11(14-10)15-3-2-8(5-15)6-16/h4,8,16H,2-3,5-7H2,1H3. The molecule has 1 aromatic rings. The topological polar surface area (TPSA) is 58.5 Å². The Hall–Kier alpha value is -0.910. The van der Waals surface area contributed by atoms with Gasteiger partial charge in [-0.3, -0.25) is 0 Å². The van der Waals surface area contributed by atoms with Gasteiger partial charge >= 0.3 is 0 Å². The van der Waals surface area contributed by atoms with Crippen LogP contribution in [0.5, 0.6) is 0 Å². The molecule has 6 heteroatoms. The maximum absolute atomic E-state index is 9.12. The molecule has 1 aromatic heterocycles. The number of hydrogen-bond acceptors (Lipinski definition) is 5. The molecule has 1 atom stereocenters. The van der Waals surface area contributed by atoms with E-state index in [9.17, 15) is 0 Å². The molecule has 1 unspecified atom stereocenters. The number of methoxy groups -OCH3 is 1. The highest BCUT2D eigenvalue weighted by molar-refractivity contribution is 6.29. The Morgan fingerprint density at radius 1 is 1.59 bits per heavy atom. The molecule has 2 heterocycles. The van der Waals surface area contributed by atoms with Crippen LogP contribution in [0.4, 0.5) is 5.82 Å². The van der Waals surface area contributed by atoms with Crippen LogP contribution >= 0.6 is 11.6 Å². The lowest BCUT2D eigenvalue weighted by atomic mass is 10.1. The molecular weight excluding hydrogens is 242 g/mol. The first kappa shape index (κ1) is 12.5. The van der Waals surface area contributed by atoms with Crippen LogP contribution < -0.4 is 4.90 Å². The smallest absolute Gasteiger partial charge is 0.158 e. The Kier molecular flexibility index (Phi) is 4.15. The van der Waals surface area contributed by atoms with Gasteiger partial charge in [0.2, 0.25) is 0 Å². The number of aliphatic hydroxyl groups is 1. The van der Waals surface area contributed by atoms with Gasteiger partial charge in [-0.2, -0.15) is 0 Å². The predicted molar refractivity (Wildman–Crippen MR) is 65.2 cm³/mol. The predicted octanol–water partition coefficient (Wildman–Crippen LogP) is 1.09. The van der Waals surface area contributed by atoms with Crippen molar-refractivity contribution in [1.29, 1.82) is 0 Å². The summed E-state index contributed by atoms with van der Waals surface area (Å²) in [5, 5.41) is 9.54. The SMILES string of the molecule is COCc1nc(Cl)cc(N2CCC(CO)C2)n1. The summed E-state index contributed by atoms with van der Waals surface area (Å²) in [6.45, 7) is 2.28. The van der Waals surface area contributed by atoms with Crippen LogP contribution in [0, 0.1) is 5.92 Å². The van der Waals surface area contributed by atoms with Crippen LogP contribution in [0.1, 0.15) is 12.2 Å². The molecule has 1 aliphatic heterocycles. The summed E-state index contributed by atoms with van der Waals surface area (Å²) in [5.41, 5.74) is 0. The minimum Gasteiger partial charge on any atom is -0.396 e. The average molecular weight is 258 g/mol. The number of hydrogen-bond donors (Lipinski definition) is 1. The third-order valence-electron chi connectivity index (χ3n) is 2.87. The molecule has 0 aliphatic carbocycles. The van der Waals surface area contributed by atoms with Gasteiger partial charge in [0.1, 0.15) is 17.6 Å². The highest BCUT2D eigenvalue weighted by Gasteiger charge is 2.23. The number of halogens is 1. The van der Waals surface area contributed by atoms with Crippen molar-refractivity contribution in [3.8, 4) is 0 Å². The summed E-state index contributed by atoms with van der Waals surface area (Å²) in [6, 6.07) is 1.75. The first-order valence-corrected chi connectivity index (χ1v) is 5.99. The van der Waals surface area contributed by atoms with E-state index in [2.05, 4.69) is 14.9 Å². The van der Waals surface area contributed by atoms with E-state index in [-0.39, 0.29) is 6.61 Å². The fourth-order valence-electron chi connectivity index (χ4n) is 2.00. The Balaban J connectivity index is 2.15. The Morgan fingerprint density at radius 2 is 2.41 bits per heavy atom. The molecule has 0 radical (unpaired) electrons. The minimum atomic E-state index is 0.222. The van der Waals surface area contributed by atoms with Crippen molar-refractivity contribution in [1.82, 2.24) is 9.97 Å². The second-order valence-electron chi connectivity index (χ2n) is 4.18. The van der Waals surface area contributed by atoms with Gasteiger partial charge in [-0.25, -0.2) is 9.97 Å². The van der Waals surface area contributed by atoms with Crippen LogP contribution in [-0.4, -0.2) is 41.9 Å². The van der Waals surface area contributed by atoms with E-state index < -0.39 is 0 Å². The van der Waals surface area contributed by atoms with E-state index in [1.165, 1.54) is 0 Å². The Labute approximate surface area is 105 Å². The molecule has 1 N–H and O–H groups in total.